The summed E-state index contributed by atoms with van der Waals surface area (Å²) >= 11 is 2.03. The van der Waals surface area contributed by atoms with E-state index in [-0.39, 0.29) is 23.7 Å². The quantitative estimate of drug-likeness (QED) is 0.775. The highest BCUT2D eigenvalue weighted by molar-refractivity contribution is 14.1. The molecule has 110 valence electrons. The molecule has 0 aliphatic carbocycles. The van der Waals surface area contributed by atoms with E-state index in [1.807, 2.05) is 22.6 Å². The lowest BCUT2D eigenvalue weighted by molar-refractivity contribution is 0.0691. The molecule has 1 N–H and O–H groups in total. The maximum Gasteiger partial charge on any atom is 0.339 e. The monoisotopic (exact) mass is 402 g/mol. The van der Waals surface area contributed by atoms with Crippen molar-refractivity contribution in [2.75, 3.05) is 7.11 Å². The fourth-order valence-corrected chi connectivity index (χ4v) is 2.25. The average Bonchev–Trinajstić information content (AvgIpc) is 2.46. The number of ether oxygens (including phenoxy) is 2. The molecule has 6 heteroatoms. The first kappa shape index (κ1) is 15.6. The van der Waals surface area contributed by atoms with E-state index in [4.69, 9.17) is 14.6 Å². The van der Waals surface area contributed by atoms with Gasteiger partial charge >= 0.3 is 5.97 Å². The van der Waals surface area contributed by atoms with Crippen molar-refractivity contribution in [3.8, 4) is 11.5 Å². The van der Waals surface area contributed by atoms with Crippen LogP contribution in [0.1, 0.15) is 15.9 Å². The molecular weight excluding hydrogens is 390 g/mol. The lowest BCUT2D eigenvalue weighted by Crippen LogP contribution is -2.04. The molecule has 0 aliphatic rings. The van der Waals surface area contributed by atoms with Gasteiger partial charge in [0.15, 0.2) is 11.6 Å². The summed E-state index contributed by atoms with van der Waals surface area (Å²) in [5.41, 5.74) is 0.666. The van der Waals surface area contributed by atoms with Crippen molar-refractivity contribution in [3.63, 3.8) is 0 Å². The average molecular weight is 402 g/mol. The Labute approximate surface area is 134 Å². The van der Waals surface area contributed by atoms with Crippen LogP contribution in [0.15, 0.2) is 36.4 Å². The van der Waals surface area contributed by atoms with Crippen LogP contribution < -0.4 is 9.47 Å². The smallest absolute Gasteiger partial charge is 0.339 e. The Morgan fingerprint density at radius 3 is 2.57 bits per heavy atom. The van der Waals surface area contributed by atoms with Crippen molar-refractivity contribution in [1.29, 1.82) is 0 Å². The minimum absolute atomic E-state index is 0.0712. The summed E-state index contributed by atoms with van der Waals surface area (Å²) in [6.07, 6.45) is 0. The number of aromatic carboxylic acids is 1. The van der Waals surface area contributed by atoms with Crippen molar-refractivity contribution >= 4 is 28.6 Å². The van der Waals surface area contributed by atoms with Crippen LogP contribution in [0.3, 0.4) is 0 Å². The summed E-state index contributed by atoms with van der Waals surface area (Å²) in [6.45, 7) is 0.0712. The lowest BCUT2D eigenvalue weighted by Gasteiger charge is -2.10. The molecule has 0 saturated carbocycles. The summed E-state index contributed by atoms with van der Waals surface area (Å²) in [4.78, 5) is 11.2. The first-order valence-corrected chi connectivity index (χ1v) is 7.07. The fraction of sp³-hybridized carbons (Fsp3) is 0.133. The van der Waals surface area contributed by atoms with Gasteiger partial charge in [0.25, 0.3) is 0 Å². The van der Waals surface area contributed by atoms with Gasteiger partial charge in [-0.25, -0.2) is 9.18 Å². The Morgan fingerprint density at radius 1 is 1.24 bits per heavy atom. The van der Waals surface area contributed by atoms with Gasteiger partial charge < -0.3 is 14.6 Å². The Kier molecular flexibility index (Phi) is 5.00. The van der Waals surface area contributed by atoms with Crippen LogP contribution in [0.4, 0.5) is 4.39 Å². The van der Waals surface area contributed by atoms with E-state index in [2.05, 4.69) is 0 Å². The predicted molar refractivity (Wildman–Crippen MR) is 83.4 cm³/mol. The van der Waals surface area contributed by atoms with E-state index < -0.39 is 11.8 Å². The molecule has 0 atom stereocenters. The van der Waals surface area contributed by atoms with Crippen molar-refractivity contribution < 1.29 is 23.8 Å². The van der Waals surface area contributed by atoms with Gasteiger partial charge in [-0.3, -0.25) is 0 Å². The summed E-state index contributed by atoms with van der Waals surface area (Å²) in [5.74, 6) is -1.15. The number of carbonyl (C=O) groups is 1. The van der Waals surface area contributed by atoms with Crippen LogP contribution in [-0.2, 0) is 6.61 Å². The highest BCUT2D eigenvalue weighted by atomic mass is 127. The van der Waals surface area contributed by atoms with Gasteiger partial charge in [0.2, 0.25) is 0 Å². The maximum atomic E-state index is 13.6. The normalized spacial score (nSPS) is 10.2. The molecule has 2 aromatic carbocycles. The Hall–Kier alpha value is -1.83. The molecule has 21 heavy (non-hydrogen) atoms. The molecule has 2 rings (SSSR count). The third kappa shape index (κ3) is 3.84. The summed E-state index contributed by atoms with van der Waals surface area (Å²) in [7, 11) is 1.39. The first-order chi connectivity index (χ1) is 10.0. The molecule has 0 fully saturated rings. The van der Waals surface area contributed by atoms with Gasteiger partial charge in [0.05, 0.1) is 7.11 Å². The zero-order valence-electron chi connectivity index (χ0n) is 11.1. The fourth-order valence-electron chi connectivity index (χ4n) is 1.76. The van der Waals surface area contributed by atoms with Crippen LogP contribution in [0.5, 0.6) is 11.5 Å². The lowest BCUT2D eigenvalue weighted by atomic mass is 10.2. The standard InChI is InChI=1S/C15H12FIO4/c1-20-14-4-2-9(6-12(14)16)8-21-13-5-3-10(17)7-11(13)15(18)19/h2-7H,8H2,1H3,(H,18,19). The number of hydrogen-bond donors (Lipinski definition) is 1. The van der Waals surface area contributed by atoms with Crippen LogP contribution in [0.25, 0.3) is 0 Å². The number of carboxylic acids is 1. The highest BCUT2D eigenvalue weighted by Crippen LogP contribution is 2.23. The molecule has 0 aromatic heterocycles. The molecule has 0 saturated heterocycles. The van der Waals surface area contributed by atoms with Gasteiger partial charge in [-0.2, -0.15) is 0 Å². The van der Waals surface area contributed by atoms with Crippen molar-refractivity contribution in [1.82, 2.24) is 0 Å². The molecule has 0 amide bonds. The van der Waals surface area contributed by atoms with Gasteiger partial charge in [-0.05, 0) is 58.5 Å². The van der Waals surface area contributed by atoms with Crippen molar-refractivity contribution in [3.05, 3.63) is 56.9 Å². The maximum absolute atomic E-state index is 13.6. The number of methoxy groups -OCH3 is 1. The second kappa shape index (κ2) is 6.75. The van der Waals surface area contributed by atoms with Crippen molar-refractivity contribution in [2.45, 2.75) is 6.61 Å². The van der Waals surface area contributed by atoms with Gasteiger partial charge in [-0.15, -0.1) is 0 Å². The first-order valence-electron chi connectivity index (χ1n) is 5.99. The van der Waals surface area contributed by atoms with Crippen molar-refractivity contribution in [2.24, 2.45) is 0 Å². The van der Waals surface area contributed by atoms with E-state index in [0.717, 1.165) is 3.57 Å². The van der Waals surface area contributed by atoms with Gasteiger partial charge in [0, 0.05) is 3.57 Å². The third-order valence-electron chi connectivity index (χ3n) is 2.78. The number of carboxylic acid groups (broad SMARTS) is 1. The zero-order chi connectivity index (χ0) is 15.4. The molecule has 0 bridgehead atoms. The molecular formula is C15H12FIO4. The molecule has 0 aliphatic heterocycles. The number of rotatable bonds is 5. The number of halogens is 2. The Balaban J connectivity index is 2.16. The summed E-state index contributed by atoms with van der Waals surface area (Å²) in [6, 6.07) is 9.32. The minimum Gasteiger partial charge on any atom is -0.494 e. The van der Waals surface area contributed by atoms with Crippen LogP contribution >= 0.6 is 22.6 Å². The predicted octanol–water partition coefficient (Wildman–Crippen LogP) is 3.72. The Bertz CT molecular complexity index is 673. The van der Waals surface area contributed by atoms with Crippen LogP contribution in [-0.4, -0.2) is 18.2 Å². The zero-order valence-corrected chi connectivity index (χ0v) is 13.3. The third-order valence-corrected chi connectivity index (χ3v) is 3.45. The van der Waals surface area contributed by atoms with Gasteiger partial charge in [-0.1, -0.05) is 6.07 Å². The van der Waals surface area contributed by atoms with E-state index in [1.54, 1.807) is 18.2 Å². The van der Waals surface area contributed by atoms with Crippen LogP contribution in [0, 0.1) is 9.39 Å². The van der Waals surface area contributed by atoms with E-state index in [9.17, 15) is 9.18 Å². The minimum atomic E-state index is -1.07. The molecule has 2 aromatic rings. The summed E-state index contributed by atoms with van der Waals surface area (Å²) in [5, 5.41) is 9.14. The van der Waals surface area contributed by atoms with E-state index >= 15 is 0 Å². The number of hydrogen-bond acceptors (Lipinski definition) is 3. The SMILES string of the molecule is COc1ccc(COc2ccc(I)cc2C(=O)O)cc1F. The molecule has 0 unspecified atom stereocenters. The van der Waals surface area contributed by atoms with Gasteiger partial charge in [0.1, 0.15) is 17.9 Å². The number of benzene rings is 2. The summed E-state index contributed by atoms with van der Waals surface area (Å²) < 4.78 is 24.7. The molecule has 0 heterocycles. The van der Waals surface area contributed by atoms with E-state index in [1.165, 1.54) is 25.3 Å². The van der Waals surface area contributed by atoms with E-state index in [0.29, 0.717) is 5.56 Å². The molecule has 0 spiro atoms. The Morgan fingerprint density at radius 2 is 1.95 bits per heavy atom. The molecule has 4 nitrogen and oxygen atoms in total. The second-order valence-electron chi connectivity index (χ2n) is 4.20. The topological polar surface area (TPSA) is 55.8 Å². The second-order valence-corrected chi connectivity index (χ2v) is 5.45. The highest BCUT2D eigenvalue weighted by Gasteiger charge is 2.12. The van der Waals surface area contributed by atoms with Crippen LogP contribution in [0.2, 0.25) is 0 Å². The largest absolute Gasteiger partial charge is 0.494 e. The molecule has 0 radical (unpaired) electrons.